The predicted molar refractivity (Wildman–Crippen MR) is 88.1 cm³/mol. The van der Waals surface area contributed by atoms with Crippen LogP contribution in [0.2, 0.25) is 0 Å². The topological polar surface area (TPSA) is 113 Å². The summed E-state index contributed by atoms with van der Waals surface area (Å²) in [5, 5.41) is 0. The molecule has 2 aromatic heterocycles. The molecule has 0 aliphatic carbocycles. The first-order chi connectivity index (χ1) is 11.7. The number of methoxy groups -OCH3 is 1. The molecule has 24 heavy (non-hydrogen) atoms. The number of carbonyl (C=O) groups excluding carboxylic acids is 1. The van der Waals surface area contributed by atoms with E-state index in [0.717, 1.165) is 6.29 Å². The lowest BCUT2D eigenvalue weighted by atomic mass is 10.1. The molecule has 122 valence electrons. The SMILES string of the molecule is CCOc1nc(N)nc2ncc(-c3ccc(OC)c(C=O)c3)nc12. The zero-order valence-corrected chi connectivity index (χ0v) is 13.2. The van der Waals surface area contributed by atoms with E-state index < -0.39 is 0 Å². The lowest BCUT2D eigenvalue weighted by Gasteiger charge is -2.09. The van der Waals surface area contributed by atoms with Crippen LogP contribution in [0.25, 0.3) is 22.4 Å². The summed E-state index contributed by atoms with van der Waals surface area (Å²) in [4.78, 5) is 28.1. The molecule has 0 saturated heterocycles. The number of hydrogen-bond donors (Lipinski definition) is 1. The van der Waals surface area contributed by atoms with Crippen molar-refractivity contribution in [1.29, 1.82) is 0 Å². The quantitative estimate of drug-likeness (QED) is 0.707. The van der Waals surface area contributed by atoms with Crippen molar-refractivity contribution in [2.24, 2.45) is 0 Å². The number of nitrogen functional groups attached to an aromatic ring is 1. The van der Waals surface area contributed by atoms with Gasteiger partial charge in [0.2, 0.25) is 11.8 Å². The highest BCUT2D eigenvalue weighted by Crippen LogP contribution is 2.27. The molecule has 0 unspecified atom stereocenters. The molecule has 8 heteroatoms. The molecule has 2 heterocycles. The lowest BCUT2D eigenvalue weighted by Crippen LogP contribution is -2.04. The van der Waals surface area contributed by atoms with Crippen LogP contribution in [0.15, 0.2) is 24.4 Å². The van der Waals surface area contributed by atoms with Gasteiger partial charge in [-0.3, -0.25) is 4.79 Å². The first kappa shape index (κ1) is 15.6. The van der Waals surface area contributed by atoms with Gasteiger partial charge in [0, 0.05) is 5.56 Å². The van der Waals surface area contributed by atoms with Gasteiger partial charge in [-0.15, -0.1) is 0 Å². The van der Waals surface area contributed by atoms with E-state index in [4.69, 9.17) is 15.2 Å². The van der Waals surface area contributed by atoms with Crippen molar-refractivity contribution in [2.45, 2.75) is 6.92 Å². The number of hydrogen-bond acceptors (Lipinski definition) is 8. The number of carbonyl (C=O) groups is 1. The Morgan fingerprint density at radius 1 is 1.25 bits per heavy atom. The van der Waals surface area contributed by atoms with Gasteiger partial charge < -0.3 is 15.2 Å². The Morgan fingerprint density at radius 3 is 2.79 bits per heavy atom. The Labute approximate surface area is 137 Å². The summed E-state index contributed by atoms with van der Waals surface area (Å²) in [6, 6.07) is 5.17. The highest BCUT2D eigenvalue weighted by molar-refractivity contribution is 5.84. The van der Waals surface area contributed by atoms with Gasteiger partial charge in [-0.2, -0.15) is 9.97 Å². The van der Waals surface area contributed by atoms with E-state index >= 15 is 0 Å². The highest BCUT2D eigenvalue weighted by Gasteiger charge is 2.13. The van der Waals surface area contributed by atoms with Gasteiger partial charge in [-0.05, 0) is 25.1 Å². The molecule has 0 atom stereocenters. The third-order valence-corrected chi connectivity index (χ3v) is 3.33. The molecule has 0 bridgehead atoms. The summed E-state index contributed by atoms with van der Waals surface area (Å²) in [7, 11) is 1.51. The van der Waals surface area contributed by atoms with Gasteiger partial charge >= 0.3 is 0 Å². The molecule has 3 rings (SSSR count). The fourth-order valence-corrected chi connectivity index (χ4v) is 2.26. The minimum absolute atomic E-state index is 0.0701. The van der Waals surface area contributed by atoms with E-state index in [1.165, 1.54) is 7.11 Å². The maximum absolute atomic E-state index is 11.2. The second-order valence-corrected chi connectivity index (χ2v) is 4.82. The summed E-state index contributed by atoms with van der Waals surface area (Å²) >= 11 is 0. The number of anilines is 1. The average Bonchev–Trinajstić information content (AvgIpc) is 2.61. The van der Waals surface area contributed by atoms with Crippen molar-refractivity contribution in [3.05, 3.63) is 30.0 Å². The molecule has 2 N–H and O–H groups in total. The van der Waals surface area contributed by atoms with E-state index in [-0.39, 0.29) is 11.8 Å². The van der Waals surface area contributed by atoms with Crippen LogP contribution >= 0.6 is 0 Å². The van der Waals surface area contributed by atoms with Gasteiger partial charge in [0.05, 0.1) is 31.2 Å². The van der Waals surface area contributed by atoms with Crippen molar-refractivity contribution >= 4 is 23.4 Å². The Kier molecular flexibility index (Phi) is 4.19. The van der Waals surface area contributed by atoms with Gasteiger partial charge in [0.25, 0.3) is 0 Å². The number of nitrogens with two attached hydrogens (primary N) is 1. The zero-order chi connectivity index (χ0) is 17.1. The second-order valence-electron chi connectivity index (χ2n) is 4.82. The van der Waals surface area contributed by atoms with Gasteiger partial charge in [-0.25, -0.2) is 9.97 Å². The van der Waals surface area contributed by atoms with Gasteiger partial charge in [0.15, 0.2) is 17.5 Å². The molecule has 0 amide bonds. The molecule has 1 aromatic carbocycles. The predicted octanol–water partition coefficient (Wildman–Crippen LogP) is 1.89. The molecule has 0 radical (unpaired) electrons. The van der Waals surface area contributed by atoms with Crippen LogP contribution in [-0.2, 0) is 0 Å². The van der Waals surface area contributed by atoms with Gasteiger partial charge in [-0.1, -0.05) is 0 Å². The summed E-state index contributed by atoms with van der Waals surface area (Å²) in [5.74, 6) is 0.841. The van der Waals surface area contributed by atoms with Crippen LogP contribution in [0.1, 0.15) is 17.3 Å². The van der Waals surface area contributed by atoms with Crippen LogP contribution in [0.5, 0.6) is 11.6 Å². The normalized spacial score (nSPS) is 10.6. The number of rotatable bonds is 5. The van der Waals surface area contributed by atoms with E-state index in [0.29, 0.717) is 40.3 Å². The lowest BCUT2D eigenvalue weighted by molar-refractivity contribution is 0.112. The minimum atomic E-state index is 0.0701. The molecule has 0 aliphatic rings. The highest BCUT2D eigenvalue weighted by atomic mass is 16.5. The molecular weight excluding hydrogens is 310 g/mol. The first-order valence-corrected chi connectivity index (χ1v) is 7.23. The van der Waals surface area contributed by atoms with Crippen molar-refractivity contribution in [1.82, 2.24) is 19.9 Å². The average molecular weight is 325 g/mol. The van der Waals surface area contributed by atoms with Crippen LogP contribution in [0, 0.1) is 0 Å². The van der Waals surface area contributed by atoms with Crippen LogP contribution < -0.4 is 15.2 Å². The Bertz CT molecular complexity index is 914. The minimum Gasteiger partial charge on any atom is -0.496 e. The van der Waals surface area contributed by atoms with E-state index in [1.54, 1.807) is 24.4 Å². The molecule has 0 spiro atoms. The largest absolute Gasteiger partial charge is 0.496 e. The Balaban J connectivity index is 2.15. The second kappa shape index (κ2) is 6.45. The van der Waals surface area contributed by atoms with Crippen LogP contribution in [0.3, 0.4) is 0 Å². The van der Waals surface area contributed by atoms with Crippen molar-refractivity contribution < 1.29 is 14.3 Å². The van der Waals surface area contributed by atoms with E-state index in [2.05, 4.69) is 19.9 Å². The molecule has 0 saturated carbocycles. The first-order valence-electron chi connectivity index (χ1n) is 7.23. The maximum atomic E-state index is 11.2. The molecule has 8 nitrogen and oxygen atoms in total. The van der Waals surface area contributed by atoms with E-state index in [9.17, 15) is 4.79 Å². The number of aromatic nitrogens is 4. The fourth-order valence-electron chi connectivity index (χ4n) is 2.26. The van der Waals surface area contributed by atoms with Crippen molar-refractivity contribution in [3.8, 4) is 22.9 Å². The smallest absolute Gasteiger partial charge is 0.247 e. The maximum Gasteiger partial charge on any atom is 0.247 e. The standard InChI is InChI=1S/C16H15N5O3/c1-3-24-15-13-14(20-16(17)21-15)18-7-11(19-13)9-4-5-12(23-2)10(6-9)8-22/h4-8H,3H2,1-2H3,(H2,17,18,20,21). The van der Waals surface area contributed by atoms with Crippen molar-refractivity contribution in [3.63, 3.8) is 0 Å². The van der Waals surface area contributed by atoms with E-state index in [1.807, 2.05) is 6.92 Å². The summed E-state index contributed by atoms with van der Waals surface area (Å²) in [6.07, 6.45) is 2.28. The number of fused-ring (bicyclic) bond motifs is 1. The Morgan fingerprint density at radius 2 is 2.08 bits per heavy atom. The summed E-state index contributed by atoms with van der Waals surface area (Å²) in [6.45, 7) is 2.25. The molecular formula is C16H15N5O3. The van der Waals surface area contributed by atoms with Crippen molar-refractivity contribution in [2.75, 3.05) is 19.5 Å². The zero-order valence-electron chi connectivity index (χ0n) is 13.2. The number of aldehydes is 1. The number of benzene rings is 1. The number of ether oxygens (including phenoxy) is 2. The molecule has 0 aliphatic heterocycles. The van der Waals surface area contributed by atoms with Crippen LogP contribution in [0.4, 0.5) is 5.95 Å². The third kappa shape index (κ3) is 2.81. The molecule has 3 aromatic rings. The summed E-state index contributed by atoms with van der Waals surface area (Å²) in [5.41, 5.74) is 8.11. The number of nitrogens with zero attached hydrogens (tertiary/aromatic N) is 4. The summed E-state index contributed by atoms with van der Waals surface area (Å²) < 4.78 is 10.6. The van der Waals surface area contributed by atoms with Gasteiger partial charge in [0.1, 0.15) is 5.75 Å². The molecule has 0 fully saturated rings. The van der Waals surface area contributed by atoms with Crippen LogP contribution in [-0.4, -0.2) is 39.9 Å². The Hall–Kier alpha value is -3.29. The third-order valence-electron chi connectivity index (χ3n) is 3.33. The fraction of sp³-hybridized carbons (Fsp3) is 0.188. The monoisotopic (exact) mass is 325 g/mol.